The van der Waals surface area contributed by atoms with Crippen molar-refractivity contribution >= 4 is 28.2 Å². The lowest BCUT2D eigenvalue weighted by atomic mass is 9.99. The van der Waals surface area contributed by atoms with E-state index in [1.54, 1.807) is 11.8 Å². The van der Waals surface area contributed by atoms with E-state index in [1.807, 2.05) is 0 Å². The molecule has 1 aliphatic heterocycles. The summed E-state index contributed by atoms with van der Waals surface area (Å²) < 4.78 is 65.9. The van der Waals surface area contributed by atoms with Gasteiger partial charge in [-0.2, -0.15) is 13.2 Å². The lowest BCUT2D eigenvalue weighted by molar-refractivity contribution is -0.137. The molecule has 1 amide bonds. The highest BCUT2D eigenvalue weighted by Gasteiger charge is 2.52. The van der Waals surface area contributed by atoms with Gasteiger partial charge < -0.3 is 9.80 Å². The van der Waals surface area contributed by atoms with Crippen molar-refractivity contribution in [1.82, 2.24) is 4.98 Å². The van der Waals surface area contributed by atoms with Crippen molar-refractivity contribution in [3.05, 3.63) is 53.5 Å². The molecule has 2 heterocycles. The number of hydrogen-bond acceptors (Lipinski definition) is 4. The Morgan fingerprint density at radius 3 is 2.45 bits per heavy atom. The Hall–Kier alpha value is -2.49. The number of rotatable bonds is 4. The predicted octanol–water partition coefficient (Wildman–Crippen LogP) is 4.03. The van der Waals surface area contributed by atoms with E-state index in [0.717, 1.165) is 25.0 Å². The first-order chi connectivity index (χ1) is 14.5. The van der Waals surface area contributed by atoms with Crippen LogP contribution in [-0.4, -0.2) is 38.3 Å². The molecule has 2 unspecified atom stereocenters. The second-order valence-electron chi connectivity index (χ2n) is 8.15. The van der Waals surface area contributed by atoms with Gasteiger partial charge in [0.05, 0.1) is 17.2 Å². The molecule has 0 spiro atoms. The number of anilines is 2. The van der Waals surface area contributed by atoms with Crippen LogP contribution in [0.2, 0.25) is 0 Å². The van der Waals surface area contributed by atoms with E-state index < -0.39 is 33.9 Å². The van der Waals surface area contributed by atoms with E-state index >= 15 is 0 Å². The van der Waals surface area contributed by atoms with E-state index in [1.165, 1.54) is 36.1 Å². The number of halogens is 4. The van der Waals surface area contributed by atoms with Crippen molar-refractivity contribution in [3.63, 3.8) is 0 Å². The topological polar surface area (TPSA) is 53.5 Å². The van der Waals surface area contributed by atoms with Gasteiger partial charge >= 0.3 is 6.18 Å². The Balaban J connectivity index is 1.75. The molecule has 1 aromatic heterocycles. The van der Waals surface area contributed by atoms with Gasteiger partial charge in [-0.25, -0.2) is 9.37 Å². The fourth-order valence-electron chi connectivity index (χ4n) is 3.86. The van der Waals surface area contributed by atoms with Crippen LogP contribution in [0, 0.1) is 12.7 Å². The van der Waals surface area contributed by atoms with Crippen LogP contribution >= 0.6 is 0 Å². The van der Waals surface area contributed by atoms with E-state index in [-0.39, 0.29) is 35.1 Å². The van der Waals surface area contributed by atoms with Crippen LogP contribution < -0.4 is 9.80 Å². The quantitative estimate of drug-likeness (QED) is 0.654. The molecular formula is C21H21F4N3O2S. The monoisotopic (exact) mass is 455 g/mol. The highest BCUT2D eigenvalue weighted by molar-refractivity contribution is 7.85. The molecule has 10 heteroatoms. The van der Waals surface area contributed by atoms with Crippen LogP contribution in [0.3, 0.4) is 0 Å². The van der Waals surface area contributed by atoms with Crippen molar-refractivity contribution in [2.75, 3.05) is 21.4 Å². The van der Waals surface area contributed by atoms with Gasteiger partial charge in [0, 0.05) is 28.2 Å². The second kappa shape index (κ2) is 7.58. The zero-order valence-corrected chi connectivity index (χ0v) is 17.8. The lowest BCUT2D eigenvalue weighted by Crippen LogP contribution is -2.58. The van der Waals surface area contributed by atoms with E-state index in [9.17, 15) is 26.6 Å². The number of hydrogen-bond donors (Lipinski definition) is 0. The Bertz CT molecular complexity index is 1040. The Morgan fingerprint density at radius 1 is 1.23 bits per heavy atom. The summed E-state index contributed by atoms with van der Waals surface area (Å²) in [7, 11) is -1.45. The predicted molar refractivity (Wildman–Crippen MR) is 110 cm³/mol. The third-order valence-corrected chi connectivity index (χ3v) is 6.98. The standard InChI is InChI=1S/C21H21F4N3O2S/c1-13-9-14(21(23,24)25)10-18(26-13)27-12-31(30)11-20(27,2)19(29)28(17-7-8-17)16-5-3-15(22)4-6-16/h3-6,9-10,17H,7-8,11-12H2,1-2H3. The summed E-state index contributed by atoms with van der Waals surface area (Å²) in [6, 6.07) is 7.24. The summed E-state index contributed by atoms with van der Waals surface area (Å²) in [5.41, 5.74) is -1.58. The third-order valence-electron chi connectivity index (χ3n) is 5.55. The minimum Gasteiger partial charge on any atom is -0.329 e. The largest absolute Gasteiger partial charge is 0.416 e. The number of nitrogens with zero attached hydrogens (tertiary/aromatic N) is 3. The maximum absolute atomic E-state index is 13.7. The molecule has 166 valence electrons. The van der Waals surface area contributed by atoms with E-state index in [4.69, 9.17) is 0 Å². The SMILES string of the molecule is Cc1cc(C(F)(F)F)cc(N2CS(=O)CC2(C)C(=O)N(c2ccc(F)cc2)C2CC2)n1. The van der Waals surface area contributed by atoms with Gasteiger partial charge in [0.25, 0.3) is 5.91 Å². The van der Waals surface area contributed by atoms with Crippen LogP contribution in [0.25, 0.3) is 0 Å². The lowest BCUT2D eigenvalue weighted by Gasteiger charge is -2.38. The summed E-state index contributed by atoms with van der Waals surface area (Å²) >= 11 is 0. The van der Waals surface area contributed by atoms with E-state index in [0.29, 0.717) is 5.69 Å². The fourth-order valence-corrected chi connectivity index (χ4v) is 5.56. The zero-order chi connectivity index (χ0) is 22.6. The third kappa shape index (κ3) is 4.17. The number of aromatic nitrogens is 1. The summed E-state index contributed by atoms with van der Waals surface area (Å²) in [5, 5.41) is 0. The molecule has 2 aliphatic rings. The maximum atomic E-state index is 13.7. The van der Waals surface area contributed by atoms with Crippen LogP contribution in [0.1, 0.15) is 31.0 Å². The molecule has 2 atom stereocenters. The number of alkyl halides is 3. The maximum Gasteiger partial charge on any atom is 0.416 e. The molecule has 0 N–H and O–H groups in total. The first-order valence-corrected chi connectivity index (χ1v) is 11.3. The van der Waals surface area contributed by atoms with Crippen molar-refractivity contribution < 1.29 is 26.6 Å². The molecular weight excluding hydrogens is 434 g/mol. The van der Waals surface area contributed by atoms with Gasteiger partial charge in [-0.1, -0.05) is 0 Å². The Labute approximate surface area is 179 Å². The molecule has 2 aromatic rings. The first kappa shape index (κ1) is 21.7. The minimum atomic E-state index is -4.57. The molecule has 1 saturated carbocycles. The summed E-state index contributed by atoms with van der Waals surface area (Å²) in [4.78, 5) is 20.9. The number of aryl methyl sites for hydroxylation is 1. The van der Waals surface area contributed by atoms with Crippen LogP contribution in [0.4, 0.5) is 29.1 Å². The average molecular weight is 455 g/mol. The summed E-state index contributed by atoms with van der Waals surface area (Å²) in [6.45, 7) is 3.02. The van der Waals surface area contributed by atoms with Gasteiger partial charge in [-0.05, 0) is 63.1 Å². The van der Waals surface area contributed by atoms with Crippen LogP contribution in [-0.2, 0) is 21.8 Å². The minimum absolute atomic E-state index is 0.0345. The van der Waals surface area contributed by atoms with Crippen LogP contribution in [0.5, 0.6) is 0 Å². The highest BCUT2D eigenvalue weighted by Crippen LogP contribution is 2.39. The molecule has 4 rings (SSSR count). The zero-order valence-electron chi connectivity index (χ0n) is 16.9. The molecule has 0 radical (unpaired) electrons. The van der Waals surface area contributed by atoms with Crippen molar-refractivity contribution in [2.24, 2.45) is 0 Å². The van der Waals surface area contributed by atoms with Gasteiger partial charge in [-0.3, -0.25) is 9.00 Å². The molecule has 1 aromatic carbocycles. The van der Waals surface area contributed by atoms with Crippen molar-refractivity contribution in [1.29, 1.82) is 0 Å². The summed E-state index contributed by atoms with van der Waals surface area (Å²) in [5.74, 6) is -0.996. The Kier molecular flexibility index (Phi) is 5.31. The molecule has 2 fully saturated rings. The van der Waals surface area contributed by atoms with E-state index in [2.05, 4.69) is 4.98 Å². The molecule has 1 aliphatic carbocycles. The molecule has 31 heavy (non-hydrogen) atoms. The van der Waals surface area contributed by atoms with Crippen molar-refractivity contribution in [2.45, 2.75) is 44.4 Å². The van der Waals surface area contributed by atoms with Gasteiger partial charge in [0.15, 0.2) is 0 Å². The number of carbonyl (C=O) groups excluding carboxylic acids is 1. The van der Waals surface area contributed by atoms with Gasteiger partial charge in [0.1, 0.15) is 17.2 Å². The molecule has 0 bridgehead atoms. The normalized spacial score (nSPS) is 23.8. The molecule has 1 saturated heterocycles. The van der Waals surface area contributed by atoms with Crippen molar-refractivity contribution in [3.8, 4) is 0 Å². The smallest absolute Gasteiger partial charge is 0.329 e. The van der Waals surface area contributed by atoms with Gasteiger partial charge in [0.2, 0.25) is 0 Å². The van der Waals surface area contributed by atoms with Gasteiger partial charge in [-0.15, -0.1) is 0 Å². The number of carbonyl (C=O) groups is 1. The number of pyridine rings is 1. The Morgan fingerprint density at radius 2 is 1.87 bits per heavy atom. The van der Waals surface area contributed by atoms with Crippen LogP contribution in [0.15, 0.2) is 36.4 Å². The second-order valence-corrected chi connectivity index (χ2v) is 9.58. The number of amides is 1. The fraction of sp³-hybridized carbons (Fsp3) is 0.429. The summed E-state index contributed by atoms with van der Waals surface area (Å²) in [6.07, 6.45) is -3.04. The number of benzene rings is 1. The highest BCUT2D eigenvalue weighted by atomic mass is 32.2. The molecule has 5 nitrogen and oxygen atoms in total. The first-order valence-electron chi connectivity index (χ1n) is 9.77. The average Bonchev–Trinajstić information content (AvgIpc) is 3.46.